The number of benzene rings is 1. The predicted octanol–water partition coefficient (Wildman–Crippen LogP) is 1.68. The first-order valence-electron chi connectivity index (χ1n) is 6.63. The molecule has 2 N–H and O–H groups in total. The maximum Gasteiger partial charge on any atom is 0.259 e. The molecule has 0 spiro atoms. The van der Waals surface area contributed by atoms with Gasteiger partial charge >= 0.3 is 0 Å². The van der Waals surface area contributed by atoms with Crippen molar-refractivity contribution in [1.82, 2.24) is 15.3 Å². The number of carbonyl (C=O) groups is 1. The molecule has 0 atom stereocenters. The zero-order valence-corrected chi connectivity index (χ0v) is 12.4. The van der Waals surface area contributed by atoms with Gasteiger partial charge in [0.25, 0.3) is 11.5 Å². The van der Waals surface area contributed by atoms with Crippen molar-refractivity contribution < 1.29 is 9.53 Å². The van der Waals surface area contributed by atoms with Crippen LogP contribution in [-0.4, -0.2) is 22.5 Å². The van der Waals surface area contributed by atoms with Crippen LogP contribution in [0.4, 0.5) is 0 Å². The van der Waals surface area contributed by atoms with E-state index in [9.17, 15) is 9.59 Å². The molecule has 3 rings (SSSR count). The molecule has 0 aliphatic heterocycles. The number of aromatic amines is 1. The first kappa shape index (κ1) is 14.3. The molecule has 0 bridgehead atoms. The lowest BCUT2D eigenvalue weighted by Crippen LogP contribution is -2.28. The van der Waals surface area contributed by atoms with Crippen molar-refractivity contribution in [3.8, 4) is 5.75 Å². The lowest BCUT2D eigenvalue weighted by atomic mass is 10.3. The zero-order valence-electron chi connectivity index (χ0n) is 11.5. The Hall–Kier alpha value is -2.67. The molecule has 3 aromatic rings. The molecule has 0 saturated heterocycles. The Morgan fingerprint density at radius 1 is 1.32 bits per heavy atom. The third-order valence-electron chi connectivity index (χ3n) is 2.96. The fraction of sp³-hybridized carbons (Fsp3) is 0.133. The molecule has 22 heavy (non-hydrogen) atoms. The molecular weight excluding hydrogens is 302 g/mol. The maximum atomic E-state index is 11.8. The molecule has 0 aliphatic rings. The van der Waals surface area contributed by atoms with E-state index < -0.39 is 0 Å². The largest absolute Gasteiger partial charge is 0.484 e. The van der Waals surface area contributed by atoms with Crippen molar-refractivity contribution in [3.63, 3.8) is 0 Å². The number of ether oxygens (including phenoxy) is 1. The summed E-state index contributed by atoms with van der Waals surface area (Å²) in [5.41, 5.74) is -0.175. The predicted molar refractivity (Wildman–Crippen MR) is 84.0 cm³/mol. The van der Waals surface area contributed by atoms with Crippen LogP contribution in [0.1, 0.15) is 4.88 Å². The van der Waals surface area contributed by atoms with Crippen molar-refractivity contribution in [3.05, 3.63) is 58.0 Å². The van der Waals surface area contributed by atoms with Crippen molar-refractivity contribution in [2.24, 2.45) is 0 Å². The highest BCUT2D eigenvalue weighted by Crippen LogP contribution is 2.20. The van der Waals surface area contributed by atoms with Gasteiger partial charge in [0.2, 0.25) is 0 Å². The van der Waals surface area contributed by atoms with Gasteiger partial charge in [-0.1, -0.05) is 18.2 Å². The topological polar surface area (TPSA) is 84.1 Å². The third kappa shape index (κ3) is 3.32. The van der Waals surface area contributed by atoms with Gasteiger partial charge in [0.1, 0.15) is 10.6 Å². The second kappa shape index (κ2) is 6.40. The molecule has 0 unspecified atom stereocenters. The maximum absolute atomic E-state index is 11.8. The van der Waals surface area contributed by atoms with Crippen molar-refractivity contribution in [2.75, 3.05) is 6.61 Å². The molecule has 0 aliphatic carbocycles. The Bertz CT molecular complexity index is 842. The molecule has 112 valence electrons. The van der Waals surface area contributed by atoms with Crippen LogP contribution >= 0.6 is 11.3 Å². The average Bonchev–Trinajstić information content (AvgIpc) is 2.96. The minimum absolute atomic E-state index is 0.0479. The summed E-state index contributed by atoms with van der Waals surface area (Å²) < 4.78 is 5.36. The second-order valence-electron chi connectivity index (χ2n) is 4.54. The summed E-state index contributed by atoms with van der Waals surface area (Å²) in [5, 5.41) is 3.30. The number of nitrogens with zero attached hydrogens (tertiary/aromatic N) is 1. The van der Waals surface area contributed by atoms with Gasteiger partial charge in [-0.3, -0.25) is 9.59 Å². The number of para-hydroxylation sites is 1. The Labute approximate surface area is 129 Å². The lowest BCUT2D eigenvalue weighted by molar-refractivity contribution is -0.123. The summed E-state index contributed by atoms with van der Waals surface area (Å²) >= 11 is 1.38. The van der Waals surface area contributed by atoms with E-state index in [4.69, 9.17) is 4.74 Å². The number of rotatable bonds is 5. The highest BCUT2D eigenvalue weighted by atomic mass is 32.1. The van der Waals surface area contributed by atoms with Gasteiger partial charge in [-0.05, 0) is 18.2 Å². The molecular formula is C15H13N3O3S. The molecule has 6 nitrogen and oxygen atoms in total. The Kier molecular flexibility index (Phi) is 4.15. The van der Waals surface area contributed by atoms with Crippen molar-refractivity contribution >= 4 is 27.5 Å². The summed E-state index contributed by atoms with van der Waals surface area (Å²) in [4.78, 5) is 31.5. The number of thiophene rings is 1. The molecule has 1 aromatic carbocycles. The monoisotopic (exact) mass is 315 g/mol. The molecule has 2 heterocycles. The average molecular weight is 315 g/mol. The van der Waals surface area contributed by atoms with E-state index in [-0.39, 0.29) is 18.1 Å². The van der Waals surface area contributed by atoms with Crippen LogP contribution in [0.5, 0.6) is 5.75 Å². The van der Waals surface area contributed by atoms with E-state index in [0.717, 1.165) is 4.88 Å². The minimum atomic E-state index is -0.219. The fourth-order valence-electron chi connectivity index (χ4n) is 1.91. The lowest BCUT2D eigenvalue weighted by Gasteiger charge is -2.06. The van der Waals surface area contributed by atoms with Crippen molar-refractivity contribution in [1.29, 1.82) is 0 Å². The molecule has 1 amide bonds. The highest BCUT2D eigenvalue weighted by molar-refractivity contribution is 7.18. The van der Waals surface area contributed by atoms with Gasteiger partial charge in [-0.25, -0.2) is 4.98 Å². The number of H-pyrrole nitrogens is 1. The Morgan fingerprint density at radius 3 is 2.91 bits per heavy atom. The van der Waals surface area contributed by atoms with Crippen molar-refractivity contribution in [2.45, 2.75) is 6.54 Å². The van der Waals surface area contributed by atoms with Crippen LogP contribution in [0.25, 0.3) is 10.2 Å². The number of carbonyl (C=O) groups excluding carboxylic acids is 1. The van der Waals surface area contributed by atoms with Gasteiger partial charge in [0, 0.05) is 4.88 Å². The summed E-state index contributed by atoms with van der Waals surface area (Å²) in [6, 6.07) is 10.9. The van der Waals surface area contributed by atoms with Gasteiger partial charge in [-0.15, -0.1) is 11.3 Å². The van der Waals surface area contributed by atoms with Gasteiger partial charge in [0.05, 0.1) is 18.3 Å². The third-order valence-corrected chi connectivity index (χ3v) is 4.00. The minimum Gasteiger partial charge on any atom is -0.484 e. The smallest absolute Gasteiger partial charge is 0.259 e. The van der Waals surface area contributed by atoms with E-state index in [1.165, 1.54) is 17.7 Å². The van der Waals surface area contributed by atoms with Crippen LogP contribution in [0, 0.1) is 0 Å². The summed E-state index contributed by atoms with van der Waals surface area (Å²) in [5.74, 6) is 0.429. The first-order valence-corrected chi connectivity index (χ1v) is 7.44. The fourth-order valence-corrected chi connectivity index (χ4v) is 2.84. The standard InChI is InChI=1S/C15H13N3O3S/c19-13(8-21-10-4-2-1-3-5-10)16-7-11-6-12-14(20)17-9-18-15(12)22-11/h1-6,9H,7-8H2,(H,16,19)(H,17,18,20). The van der Waals surface area contributed by atoms with Gasteiger partial charge < -0.3 is 15.0 Å². The summed E-state index contributed by atoms with van der Waals surface area (Å²) in [6.45, 7) is 0.297. The number of fused-ring (bicyclic) bond motifs is 1. The van der Waals surface area contributed by atoms with E-state index in [0.29, 0.717) is 22.5 Å². The van der Waals surface area contributed by atoms with Crippen LogP contribution in [0.2, 0.25) is 0 Å². The quantitative estimate of drug-likeness (QED) is 0.750. The molecule has 0 radical (unpaired) electrons. The van der Waals surface area contributed by atoms with E-state index >= 15 is 0 Å². The molecule has 2 aromatic heterocycles. The summed E-state index contributed by atoms with van der Waals surface area (Å²) in [6.07, 6.45) is 1.37. The number of hydrogen-bond acceptors (Lipinski definition) is 5. The van der Waals surface area contributed by atoms with Gasteiger partial charge in [0.15, 0.2) is 6.61 Å². The number of nitrogens with one attached hydrogen (secondary N) is 2. The summed E-state index contributed by atoms with van der Waals surface area (Å²) in [7, 11) is 0. The number of amides is 1. The number of aromatic nitrogens is 2. The second-order valence-corrected chi connectivity index (χ2v) is 5.66. The van der Waals surface area contributed by atoms with Crippen LogP contribution in [0.3, 0.4) is 0 Å². The number of hydrogen-bond donors (Lipinski definition) is 2. The van der Waals surface area contributed by atoms with Crippen LogP contribution in [-0.2, 0) is 11.3 Å². The SMILES string of the molecule is O=C(COc1ccccc1)NCc1cc2c(=O)[nH]cnc2s1. The van der Waals surface area contributed by atoms with Crippen LogP contribution < -0.4 is 15.6 Å². The molecule has 0 fully saturated rings. The van der Waals surface area contributed by atoms with Crippen LogP contribution in [0.15, 0.2) is 47.5 Å². The highest BCUT2D eigenvalue weighted by Gasteiger charge is 2.08. The van der Waals surface area contributed by atoms with E-state index in [1.54, 1.807) is 18.2 Å². The van der Waals surface area contributed by atoms with E-state index in [2.05, 4.69) is 15.3 Å². The first-order chi connectivity index (χ1) is 10.7. The van der Waals surface area contributed by atoms with E-state index in [1.807, 2.05) is 18.2 Å². The normalized spacial score (nSPS) is 10.5. The van der Waals surface area contributed by atoms with Gasteiger partial charge in [-0.2, -0.15) is 0 Å². The molecule has 7 heteroatoms. The Morgan fingerprint density at radius 2 is 2.14 bits per heavy atom. The zero-order chi connectivity index (χ0) is 15.4. The molecule has 0 saturated carbocycles. The Balaban J connectivity index is 1.56.